The van der Waals surface area contributed by atoms with Gasteiger partial charge in [0.05, 0.1) is 8.16 Å². The summed E-state index contributed by atoms with van der Waals surface area (Å²) >= 11 is 17.6. The van der Waals surface area contributed by atoms with Crippen LogP contribution in [0.5, 0.6) is 0 Å². The van der Waals surface area contributed by atoms with Crippen LogP contribution in [-0.4, -0.2) is 8.16 Å². The molecule has 1 rings (SSSR count). The van der Waals surface area contributed by atoms with E-state index < -0.39 is 0 Å². The van der Waals surface area contributed by atoms with Crippen molar-refractivity contribution >= 4 is 50.5 Å². The fourth-order valence-corrected chi connectivity index (χ4v) is 2.98. The Balaban J connectivity index is 2.82. The van der Waals surface area contributed by atoms with Crippen molar-refractivity contribution in [3.05, 3.63) is 0 Å². The molecule has 0 aromatic carbocycles. The Morgan fingerprint density at radius 2 is 1.00 bits per heavy atom. The molecule has 60 valence electrons. The molecule has 0 bridgehead atoms. The van der Waals surface area contributed by atoms with Gasteiger partial charge in [0.1, 0.15) is 0 Å². The maximum absolute atomic E-state index is 4.39. The molecular weight excluding hydrogens is 200 g/mol. The van der Waals surface area contributed by atoms with Crippen molar-refractivity contribution in [3.8, 4) is 0 Å². The predicted octanol–water partition coefficient (Wildman–Crippen LogP) is 2.38. The van der Waals surface area contributed by atoms with Gasteiger partial charge in [-0.15, -0.1) is 0 Å². The SMILES string of the molecule is CC1C(C)C(S)(S)C1(S)S. The summed E-state index contributed by atoms with van der Waals surface area (Å²) in [6, 6.07) is 0. The number of thiol groups is 4. The van der Waals surface area contributed by atoms with E-state index in [4.69, 9.17) is 0 Å². The van der Waals surface area contributed by atoms with Crippen LogP contribution in [0.1, 0.15) is 13.8 Å². The first-order chi connectivity index (χ1) is 4.32. The zero-order valence-electron chi connectivity index (χ0n) is 5.94. The van der Waals surface area contributed by atoms with Gasteiger partial charge in [0.2, 0.25) is 0 Å². The van der Waals surface area contributed by atoms with Gasteiger partial charge in [0, 0.05) is 0 Å². The van der Waals surface area contributed by atoms with Crippen molar-refractivity contribution in [2.24, 2.45) is 11.8 Å². The first-order valence-corrected chi connectivity index (χ1v) is 5.00. The number of hydrogen-bond acceptors (Lipinski definition) is 4. The Bertz CT molecular complexity index is 134. The molecule has 0 aliphatic heterocycles. The summed E-state index contributed by atoms with van der Waals surface area (Å²) in [6.07, 6.45) is 0. The van der Waals surface area contributed by atoms with E-state index in [2.05, 4.69) is 64.4 Å². The highest BCUT2D eigenvalue weighted by Gasteiger charge is 2.61. The molecule has 1 aliphatic carbocycles. The van der Waals surface area contributed by atoms with Gasteiger partial charge in [-0.2, -0.15) is 50.5 Å². The molecule has 0 aromatic heterocycles. The highest BCUT2D eigenvalue weighted by atomic mass is 32.2. The largest absolute Gasteiger partial charge is 0.159 e. The first kappa shape index (κ1) is 9.49. The molecule has 0 heterocycles. The number of rotatable bonds is 0. The summed E-state index contributed by atoms with van der Waals surface area (Å²) in [5, 5.41) is 0. The fraction of sp³-hybridized carbons (Fsp3) is 1.00. The molecule has 4 heteroatoms. The van der Waals surface area contributed by atoms with Gasteiger partial charge >= 0.3 is 0 Å². The monoisotopic (exact) mass is 212 g/mol. The lowest BCUT2D eigenvalue weighted by Crippen LogP contribution is -2.61. The van der Waals surface area contributed by atoms with Crippen LogP contribution in [0.15, 0.2) is 0 Å². The van der Waals surface area contributed by atoms with Crippen LogP contribution in [0.4, 0.5) is 0 Å². The third-order valence-electron chi connectivity index (χ3n) is 2.56. The Hall–Kier alpha value is 1.40. The van der Waals surface area contributed by atoms with Crippen molar-refractivity contribution in [2.45, 2.75) is 22.0 Å². The summed E-state index contributed by atoms with van der Waals surface area (Å²) in [7, 11) is 0. The third kappa shape index (κ3) is 0.952. The Labute approximate surface area is 84.2 Å². The van der Waals surface area contributed by atoms with Crippen LogP contribution in [-0.2, 0) is 0 Å². The Kier molecular flexibility index (Phi) is 2.32. The minimum Gasteiger partial charge on any atom is -0.159 e. The van der Waals surface area contributed by atoms with E-state index in [1.807, 2.05) is 0 Å². The molecule has 1 saturated carbocycles. The smallest absolute Gasteiger partial charge is 0.0815 e. The molecule has 0 spiro atoms. The molecule has 2 atom stereocenters. The van der Waals surface area contributed by atoms with Crippen molar-refractivity contribution in [3.63, 3.8) is 0 Å². The van der Waals surface area contributed by atoms with Crippen LogP contribution < -0.4 is 0 Å². The zero-order valence-corrected chi connectivity index (χ0v) is 9.52. The molecule has 0 saturated heterocycles. The lowest BCUT2D eigenvalue weighted by Gasteiger charge is -2.59. The summed E-state index contributed by atoms with van der Waals surface area (Å²) in [5.41, 5.74) is 0. The van der Waals surface area contributed by atoms with E-state index in [1.165, 1.54) is 0 Å². The summed E-state index contributed by atoms with van der Waals surface area (Å²) < 4.78 is -0.669. The second kappa shape index (κ2) is 2.44. The van der Waals surface area contributed by atoms with Crippen LogP contribution in [0.25, 0.3) is 0 Å². The number of hydrogen-bond donors (Lipinski definition) is 4. The summed E-state index contributed by atoms with van der Waals surface area (Å²) in [5.74, 6) is 0.934. The van der Waals surface area contributed by atoms with Crippen molar-refractivity contribution in [2.75, 3.05) is 0 Å². The summed E-state index contributed by atoms with van der Waals surface area (Å²) in [6.45, 7) is 4.24. The maximum atomic E-state index is 4.39. The lowest BCUT2D eigenvalue weighted by atomic mass is 9.73. The summed E-state index contributed by atoms with van der Waals surface area (Å²) in [4.78, 5) is 0. The minimum absolute atomic E-state index is 0.335. The Morgan fingerprint density at radius 3 is 1.10 bits per heavy atom. The molecule has 0 N–H and O–H groups in total. The van der Waals surface area contributed by atoms with Crippen LogP contribution in [0.2, 0.25) is 0 Å². The second-order valence-electron chi connectivity index (χ2n) is 3.03. The van der Waals surface area contributed by atoms with Gasteiger partial charge in [-0.3, -0.25) is 0 Å². The molecule has 0 aromatic rings. The van der Waals surface area contributed by atoms with E-state index in [9.17, 15) is 0 Å². The van der Waals surface area contributed by atoms with Crippen LogP contribution >= 0.6 is 50.5 Å². The maximum Gasteiger partial charge on any atom is 0.0815 e. The van der Waals surface area contributed by atoms with Crippen LogP contribution in [0.3, 0.4) is 0 Å². The highest BCUT2D eigenvalue weighted by Crippen LogP contribution is 2.63. The molecule has 1 aliphatic rings. The minimum atomic E-state index is -0.335. The molecule has 2 unspecified atom stereocenters. The second-order valence-corrected chi connectivity index (χ2v) is 6.56. The standard InChI is InChI=1S/C6H12S4/c1-3-4(2)6(9,10)5(3,7)8/h3-4,7-10H,1-2H3. The Morgan fingerprint density at radius 1 is 0.800 bits per heavy atom. The third-order valence-corrected chi connectivity index (χ3v) is 6.31. The molecule has 0 nitrogen and oxygen atoms in total. The molecule has 0 amide bonds. The quantitative estimate of drug-likeness (QED) is 0.344. The van der Waals surface area contributed by atoms with Gasteiger partial charge in [-0.05, 0) is 11.8 Å². The van der Waals surface area contributed by atoms with Crippen molar-refractivity contribution < 1.29 is 0 Å². The highest BCUT2D eigenvalue weighted by molar-refractivity contribution is 8.08. The molecule has 10 heavy (non-hydrogen) atoms. The first-order valence-electron chi connectivity index (χ1n) is 3.21. The predicted molar refractivity (Wildman–Crippen MR) is 59.7 cm³/mol. The average molecular weight is 212 g/mol. The van der Waals surface area contributed by atoms with E-state index in [0.717, 1.165) is 0 Å². The van der Waals surface area contributed by atoms with Gasteiger partial charge in [-0.25, -0.2) is 0 Å². The van der Waals surface area contributed by atoms with Gasteiger partial charge < -0.3 is 0 Å². The normalized spacial score (nSPS) is 42.6. The van der Waals surface area contributed by atoms with Crippen molar-refractivity contribution in [1.82, 2.24) is 0 Å². The molecular formula is C6H12S4. The zero-order chi connectivity index (χ0) is 8.15. The van der Waals surface area contributed by atoms with E-state index in [0.29, 0.717) is 11.8 Å². The van der Waals surface area contributed by atoms with Crippen LogP contribution in [0, 0.1) is 11.8 Å². The van der Waals surface area contributed by atoms with E-state index in [1.54, 1.807) is 0 Å². The topological polar surface area (TPSA) is 0 Å². The van der Waals surface area contributed by atoms with Gasteiger partial charge in [0.25, 0.3) is 0 Å². The van der Waals surface area contributed by atoms with E-state index >= 15 is 0 Å². The van der Waals surface area contributed by atoms with Crippen molar-refractivity contribution in [1.29, 1.82) is 0 Å². The van der Waals surface area contributed by atoms with Gasteiger partial charge in [-0.1, -0.05) is 13.8 Å². The molecule has 1 fully saturated rings. The lowest BCUT2D eigenvalue weighted by molar-refractivity contribution is 0.204. The average Bonchev–Trinajstić information content (AvgIpc) is 1.84. The molecule has 0 radical (unpaired) electrons. The van der Waals surface area contributed by atoms with E-state index in [-0.39, 0.29) is 8.16 Å². The fourth-order valence-electron chi connectivity index (χ4n) is 1.27. The van der Waals surface area contributed by atoms with Gasteiger partial charge in [0.15, 0.2) is 0 Å².